The van der Waals surface area contributed by atoms with E-state index in [0.29, 0.717) is 18.5 Å². The normalized spacial score (nSPS) is 24.0. The van der Waals surface area contributed by atoms with Crippen molar-refractivity contribution in [2.75, 3.05) is 45.8 Å². The van der Waals surface area contributed by atoms with Gasteiger partial charge in [-0.1, -0.05) is 30.3 Å². The summed E-state index contributed by atoms with van der Waals surface area (Å²) in [7, 11) is 0. The van der Waals surface area contributed by atoms with E-state index in [1.807, 2.05) is 35.2 Å². The first kappa shape index (κ1) is 18.4. The number of hydrogen-bond acceptors (Lipinski definition) is 4. The zero-order valence-electron chi connectivity index (χ0n) is 15.3. The summed E-state index contributed by atoms with van der Waals surface area (Å²) in [5, 5.41) is 10.5. The number of nitrogens with zero attached hydrogens (tertiary/aromatic N) is 3. The van der Waals surface area contributed by atoms with Crippen LogP contribution in [0, 0.1) is 0 Å². The molecule has 0 saturated carbocycles. The van der Waals surface area contributed by atoms with E-state index in [4.69, 9.17) is 0 Å². The van der Waals surface area contributed by atoms with Crippen LogP contribution in [0.5, 0.6) is 0 Å². The number of β-amino-alcohol motifs (C(OH)–C–C–N with tert-alkyl or cyclic N) is 1. The van der Waals surface area contributed by atoms with E-state index in [1.54, 1.807) is 0 Å². The molecule has 1 aromatic rings. The monoisotopic (exact) mass is 345 g/mol. The number of benzene rings is 1. The Balaban J connectivity index is 1.39. The van der Waals surface area contributed by atoms with Gasteiger partial charge in [-0.3, -0.25) is 9.69 Å². The van der Waals surface area contributed by atoms with Crippen LogP contribution in [0.2, 0.25) is 0 Å². The third-order valence-corrected chi connectivity index (χ3v) is 5.51. The van der Waals surface area contributed by atoms with Gasteiger partial charge in [0.25, 0.3) is 0 Å². The van der Waals surface area contributed by atoms with E-state index in [-0.39, 0.29) is 0 Å². The van der Waals surface area contributed by atoms with E-state index in [1.165, 1.54) is 0 Å². The lowest BCUT2D eigenvalue weighted by Crippen LogP contribution is -2.53. The van der Waals surface area contributed by atoms with E-state index in [9.17, 15) is 9.90 Å². The highest BCUT2D eigenvalue weighted by molar-refractivity contribution is 5.77. The lowest BCUT2D eigenvalue weighted by molar-refractivity contribution is -0.127. The lowest BCUT2D eigenvalue weighted by Gasteiger charge is -2.40. The van der Waals surface area contributed by atoms with Crippen LogP contribution in [-0.4, -0.2) is 77.6 Å². The van der Waals surface area contributed by atoms with Crippen molar-refractivity contribution in [2.24, 2.45) is 0 Å². The van der Waals surface area contributed by atoms with Crippen molar-refractivity contribution in [3.8, 4) is 0 Å². The number of aliphatic hydroxyl groups is 1. The molecule has 2 saturated heterocycles. The second kappa shape index (κ2) is 8.79. The maximum atomic E-state index is 11.7. The van der Waals surface area contributed by atoms with Crippen LogP contribution < -0.4 is 0 Å². The summed E-state index contributed by atoms with van der Waals surface area (Å²) in [5.41, 5.74) is 0.993. The molecule has 5 heteroatoms. The van der Waals surface area contributed by atoms with Gasteiger partial charge < -0.3 is 14.9 Å². The van der Waals surface area contributed by atoms with Gasteiger partial charge in [0.1, 0.15) is 0 Å². The highest BCUT2D eigenvalue weighted by Crippen LogP contribution is 2.18. The van der Waals surface area contributed by atoms with Gasteiger partial charge in [-0.15, -0.1) is 0 Å². The van der Waals surface area contributed by atoms with Gasteiger partial charge >= 0.3 is 0 Å². The van der Waals surface area contributed by atoms with Crippen molar-refractivity contribution in [3.63, 3.8) is 0 Å². The molecular weight excluding hydrogens is 314 g/mol. The molecule has 0 unspecified atom stereocenters. The quantitative estimate of drug-likeness (QED) is 0.818. The number of aliphatic hydroxyl groups excluding tert-OH is 1. The van der Waals surface area contributed by atoms with Gasteiger partial charge in [-0.25, -0.2) is 0 Å². The maximum Gasteiger partial charge on any atom is 0.222 e. The predicted octanol–water partition coefficient (Wildman–Crippen LogP) is 1.74. The van der Waals surface area contributed by atoms with Crippen molar-refractivity contribution in [3.05, 3.63) is 35.9 Å². The molecule has 2 heterocycles. The van der Waals surface area contributed by atoms with Gasteiger partial charge in [-0.05, 0) is 31.9 Å². The summed E-state index contributed by atoms with van der Waals surface area (Å²) in [6.07, 6.45) is 2.40. The van der Waals surface area contributed by atoms with E-state index in [2.05, 4.69) is 16.7 Å². The first-order chi connectivity index (χ1) is 12.1. The summed E-state index contributed by atoms with van der Waals surface area (Å²) in [4.78, 5) is 18.5. The topological polar surface area (TPSA) is 47.0 Å². The molecule has 0 spiro atoms. The number of piperazine rings is 1. The largest absolute Gasteiger partial charge is 0.387 e. The van der Waals surface area contributed by atoms with Crippen LogP contribution in [0.25, 0.3) is 0 Å². The molecule has 0 aliphatic carbocycles. The Kier molecular flexibility index (Phi) is 6.45. The molecule has 0 radical (unpaired) electrons. The second-order valence-electron chi connectivity index (χ2n) is 7.41. The van der Waals surface area contributed by atoms with Crippen LogP contribution in [-0.2, 0) is 4.79 Å². The number of likely N-dealkylation sites (tertiary alicyclic amines) is 1. The molecule has 2 fully saturated rings. The van der Waals surface area contributed by atoms with Crippen LogP contribution in [0.1, 0.15) is 37.9 Å². The molecule has 3 rings (SSSR count). The van der Waals surface area contributed by atoms with Crippen molar-refractivity contribution in [2.45, 2.75) is 38.3 Å². The Hall–Kier alpha value is -1.43. The SMILES string of the molecule is C[C@@H]1CN(CCCN2CCCC2=O)CCN1C[C@@H](O)c1ccccc1. The Morgan fingerprint density at radius 2 is 1.96 bits per heavy atom. The molecule has 25 heavy (non-hydrogen) atoms. The van der Waals surface area contributed by atoms with Crippen molar-refractivity contribution in [1.29, 1.82) is 0 Å². The summed E-state index contributed by atoms with van der Waals surface area (Å²) < 4.78 is 0. The minimum atomic E-state index is -0.420. The van der Waals surface area contributed by atoms with Gasteiger partial charge in [0.05, 0.1) is 6.10 Å². The molecule has 1 amide bonds. The maximum absolute atomic E-state index is 11.7. The highest BCUT2D eigenvalue weighted by atomic mass is 16.3. The molecule has 0 aromatic heterocycles. The van der Waals surface area contributed by atoms with Crippen LogP contribution in [0.4, 0.5) is 0 Å². The van der Waals surface area contributed by atoms with Gasteiger partial charge in [0, 0.05) is 51.7 Å². The van der Waals surface area contributed by atoms with Gasteiger partial charge in [0.2, 0.25) is 5.91 Å². The fourth-order valence-corrected chi connectivity index (χ4v) is 3.97. The Morgan fingerprint density at radius 3 is 2.64 bits per heavy atom. The van der Waals surface area contributed by atoms with Crippen LogP contribution in [0.3, 0.4) is 0 Å². The number of amides is 1. The number of carbonyl (C=O) groups excluding carboxylic acids is 1. The fraction of sp³-hybridized carbons (Fsp3) is 0.650. The standard InChI is InChI=1S/C20H31N3O2/c1-17-15-21(10-6-12-22-11-5-9-20(22)25)13-14-23(17)16-19(24)18-7-3-2-4-8-18/h2-4,7-8,17,19,24H,5-6,9-16H2,1H3/t17-,19-/m1/s1. The summed E-state index contributed by atoms with van der Waals surface area (Å²) in [5.74, 6) is 0.327. The Morgan fingerprint density at radius 1 is 1.16 bits per heavy atom. The first-order valence-electron chi connectivity index (χ1n) is 9.60. The average Bonchev–Trinajstić information content (AvgIpc) is 3.03. The van der Waals surface area contributed by atoms with Crippen LogP contribution in [0.15, 0.2) is 30.3 Å². The molecule has 2 aliphatic rings. The molecule has 1 aromatic carbocycles. The highest BCUT2D eigenvalue weighted by Gasteiger charge is 2.26. The smallest absolute Gasteiger partial charge is 0.222 e. The molecule has 2 atom stereocenters. The van der Waals surface area contributed by atoms with E-state index >= 15 is 0 Å². The summed E-state index contributed by atoms with van der Waals surface area (Å²) in [6, 6.07) is 10.4. The van der Waals surface area contributed by atoms with E-state index in [0.717, 1.165) is 64.1 Å². The van der Waals surface area contributed by atoms with Crippen molar-refractivity contribution in [1.82, 2.24) is 14.7 Å². The molecule has 138 valence electrons. The fourth-order valence-electron chi connectivity index (χ4n) is 3.97. The third kappa shape index (κ3) is 5.03. The molecule has 1 N–H and O–H groups in total. The number of carbonyl (C=O) groups is 1. The summed E-state index contributed by atoms with van der Waals surface area (Å²) in [6.45, 7) is 8.92. The molecule has 0 bridgehead atoms. The zero-order valence-corrected chi connectivity index (χ0v) is 15.3. The number of rotatable bonds is 7. The number of hydrogen-bond donors (Lipinski definition) is 1. The first-order valence-corrected chi connectivity index (χ1v) is 9.60. The lowest BCUT2D eigenvalue weighted by atomic mass is 10.1. The van der Waals surface area contributed by atoms with Crippen molar-refractivity contribution < 1.29 is 9.90 Å². The van der Waals surface area contributed by atoms with E-state index < -0.39 is 6.10 Å². The third-order valence-electron chi connectivity index (χ3n) is 5.51. The average molecular weight is 345 g/mol. The zero-order chi connectivity index (χ0) is 17.6. The Bertz CT molecular complexity index is 551. The van der Waals surface area contributed by atoms with Crippen LogP contribution >= 0.6 is 0 Å². The Labute approximate surface area is 151 Å². The minimum Gasteiger partial charge on any atom is -0.387 e. The second-order valence-corrected chi connectivity index (χ2v) is 7.41. The predicted molar refractivity (Wildman–Crippen MR) is 99.3 cm³/mol. The van der Waals surface area contributed by atoms with Gasteiger partial charge in [0.15, 0.2) is 0 Å². The molecule has 2 aliphatic heterocycles. The van der Waals surface area contributed by atoms with Gasteiger partial charge in [-0.2, -0.15) is 0 Å². The minimum absolute atomic E-state index is 0.327. The van der Waals surface area contributed by atoms with Crippen molar-refractivity contribution >= 4 is 5.91 Å². The molecule has 5 nitrogen and oxygen atoms in total. The summed E-state index contributed by atoms with van der Waals surface area (Å²) >= 11 is 0. The molecular formula is C20H31N3O2.